The molecule has 0 atom stereocenters. The summed E-state index contributed by atoms with van der Waals surface area (Å²) in [6.45, 7) is 4.70. The molecule has 0 N–H and O–H groups in total. The topological polar surface area (TPSA) is 98.6 Å². The van der Waals surface area contributed by atoms with Gasteiger partial charge in [-0.1, -0.05) is 19.0 Å². The van der Waals surface area contributed by atoms with Gasteiger partial charge in [-0.3, -0.25) is 9.67 Å². The van der Waals surface area contributed by atoms with Gasteiger partial charge < -0.3 is 9.42 Å². The van der Waals surface area contributed by atoms with Gasteiger partial charge in [0, 0.05) is 38.5 Å². The minimum absolute atomic E-state index is 0.443. The first-order valence-corrected chi connectivity index (χ1v) is 9.14. The van der Waals surface area contributed by atoms with Crippen LogP contribution in [0.3, 0.4) is 0 Å². The Morgan fingerprint density at radius 1 is 1.18 bits per heavy atom. The highest BCUT2D eigenvalue weighted by Gasteiger charge is 2.18. The number of nitrogens with zero attached hydrogens (tertiary/aromatic N) is 8. The van der Waals surface area contributed by atoms with Crippen molar-refractivity contribution in [2.45, 2.75) is 26.8 Å². The van der Waals surface area contributed by atoms with Crippen LogP contribution < -0.4 is 4.90 Å². The summed E-state index contributed by atoms with van der Waals surface area (Å²) >= 11 is 0. The summed E-state index contributed by atoms with van der Waals surface area (Å²) in [5, 5.41) is 9.26. The standard InChI is InChI=1S/C19H22N8O/c1-12(2)8-15-22-16(28-25-15)11-26(3)18-14-10-21-27(4)19(14)24-17(23-18)13-6-5-7-20-9-13/h5-7,9-10,12H,8,11H2,1-4H3. The summed E-state index contributed by atoms with van der Waals surface area (Å²) in [5.41, 5.74) is 1.60. The molecule has 0 aliphatic rings. The van der Waals surface area contributed by atoms with Crippen LogP contribution in [0.25, 0.3) is 22.4 Å². The van der Waals surface area contributed by atoms with Crippen LogP contribution in [0.2, 0.25) is 0 Å². The van der Waals surface area contributed by atoms with Crippen LogP contribution in [0, 0.1) is 5.92 Å². The summed E-state index contributed by atoms with van der Waals surface area (Å²) in [5.74, 6) is 3.10. The first kappa shape index (κ1) is 18.0. The molecule has 0 aliphatic carbocycles. The number of rotatable bonds is 6. The third-order valence-electron chi connectivity index (χ3n) is 4.33. The van der Waals surface area contributed by atoms with Crippen molar-refractivity contribution in [3.8, 4) is 11.4 Å². The highest BCUT2D eigenvalue weighted by atomic mass is 16.5. The third-order valence-corrected chi connectivity index (χ3v) is 4.33. The molecule has 144 valence electrons. The second-order valence-corrected chi connectivity index (χ2v) is 7.18. The zero-order valence-electron chi connectivity index (χ0n) is 16.4. The van der Waals surface area contributed by atoms with Gasteiger partial charge in [0.15, 0.2) is 17.3 Å². The molecule has 0 amide bonds. The highest BCUT2D eigenvalue weighted by Crippen LogP contribution is 2.27. The van der Waals surface area contributed by atoms with Crippen LogP contribution in [-0.4, -0.2) is 41.9 Å². The molecular formula is C19H22N8O. The molecule has 0 bridgehead atoms. The number of aromatic nitrogens is 7. The van der Waals surface area contributed by atoms with Gasteiger partial charge in [-0.2, -0.15) is 10.1 Å². The quantitative estimate of drug-likeness (QED) is 0.505. The fraction of sp³-hybridized carbons (Fsp3) is 0.368. The van der Waals surface area contributed by atoms with E-state index in [2.05, 4.69) is 39.1 Å². The van der Waals surface area contributed by atoms with E-state index >= 15 is 0 Å². The molecule has 0 radical (unpaired) electrons. The maximum atomic E-state index is 5.41. The van der Waals surface area contributed by atoms with Gasteiger partial charge in [0.25, 0.3) is 0 Å². The Bertz CT molecular complexity index is 1090. The summed E-state index contributed by atoms with van der Waals surface area (Å²) < 4.78 is 7.15. The monoisotopic (exact) mass is 378 g/mol. The zero-order valence-corrected chi connectivity index (χ0v) is 16.4. The van der Waals surface area contributed by atoms with E-state index < -0.39 is 0 Å². The van der Waals surface area contributed by atoms with E-state index in [0.717, 1.165) is 34.7 Å². The van der Waals surface area contributed by atoms with Gasteiger partial charge in [0.1, 0.15) is 5.82 Å². The van der Waals surface area contributed by atoms with Crippen LogP contribution >= 0.6 is 0 Å². The summed E-state index contributed by atoms with van der Waals surface area (Å²) in [6, 6.07) is 3.80. The molecule has 0 fully saturated rings. The lowest BCUT2D eigenvalue weighted by atomic mass is 10.1. The number of pyridine rings is 1. The Morgan fingerprint density at radius 2 is 2.04 bits per heavy atom. The molecule has 0 saturated carbocycles. The molecule has 4 heterocycles. The SMILES string of the molecule is CC(C)Cc1noc(CN(C)c2nc(-c3cccnc3)nc3c2cnn3C)n1. The van der Waals surface area contributed by atoms with Crippen molar-refractivity contribution < 1.29 is 4.52 Å². The third kappa shape index (κ3) is 3.55. The maximum absolute atomic E-state index is 5.41. The number of anilines is 1. The van der Waals surface area contributed by atoms with E-state index in [4.69, 9.17) is 9.51 Å². The predicted molar refractivity (Wildman–Crippen MR) is 104 cm³/mol. The summed E-state index contributed by atoms with van der Waals surface area (Å²) in [7, 11) is 3.80. The Balaban J connectivity index is 1.69. The number of hydrogen-bond acceptors (Lipinski definition) is 8. The van der Waals surface area contributed by atoms with Crippen molar-refractivity contribution in [1.82, 2.24) is 34.9 Å². The average Bonchev–Trinajstić information content (AvgIpc) is 3.27. The lowest BCUT2D eigenvalue weighted by Gasteiger charge is -2.17. The van der Waals surface area contributed by atoms with Gasteiger partial charge in [0.05, 0.1) is 18.1 Å². The van der Waals surface area contributed by atoms with Gasteiger partial charge in [-0.15, -0.1) is 0 Å². The smallest absolute Gasteiger partial charge is 0.246 e. The molecule has 0 spiro atoms. The number of hydrogen-bond donors (Lipinski definition) is 0. The molecular weight excluding hydrogens is 356 g/mol. The lowest BCUT2D eigenvalue weighted by Crippen LogP contribution is -2.19. The van der Waals surface area contributed by atoms with Crippen molar-refractivity contribution in [1.29, 1.82) is 0 Å². The molecule has 0 unspecified atom stereocenters. The molecule has 0 aromatic carbocycles. The summed E-state index contributed by atoms with van der Waals surface area (Å²) in [6.07, 6.45) is 6.03. The molecule has 4 rings (SSSR count). The second-order valence-electron chi connectivity index (χ2n) is 7.18. The Hall–Kier alpha value is -3.36. The number of fused-ring (bicyclic) bond motifs is 1. The lowest BCUT2D eigenvalue weighted by molar-refractivity contribution is 0.370. The van der Waals surface area contributed by atoms with Crippen LogP contribution in [0.15, 0.2) is 35.2 Å². The number of aryl methyl sites for hydroxylation is 1. The van der Waals surface area contributed by atoms with E-state index in [9.17, 15) is 0 Å². The van der Waals surface area contributed by atoms with Crippen molar-refractivity contribution >= 4 is 16.9 Å². The maximum Gasteiger partial charge on any atom is 0.246 e. The molecule has 4 aromatic rings. The van der Waals surface area contributed by atoms with Gasteiger partial charge in [-0.05, 0) is 18.1 Å². The fourth-order valence-electron chi connectivity index (χ4n) is 3.00. The first-order chi connectivity index (χ1) is 13.5. The van der Waals surface area contributed by atoms with Crippen molar-refractivity contribution in [2.75, 3.05) is 11.9 Å². The van der Waals surface area contributed by atoms with Gasteiger partial charge >= 0.3 is 0 Å². The molecule has 0 saturated heterocycles. The van der Waals surface area contributed by atoms with Gasteiger partial charge in [0.2, 0.25) is 5.89 Å². The predicted octanol–water partition coefficient (Wildman–Crippen LogP) is 2.64. The minimum atomic E-state index is 0.443. The molecule has 28 heavy (non-hydrogen) atoms. The Morgan fingerprint density at radius 3 is 2.79 bits per heavy atom. The fourth-order valence-corrected chi connectivity index (χ4v) is 3.00. The highest BCUT2D eigenvalue weighted by molar-refractivity contribution is 5.88. The molecule has 4 aromatic heterocycles. The molecule has 9 nitrogen and oxygen atoms in total. The van der Waals surface area contributed by atoms with E-state index in [0.29, 0.717) is 24.2 Å². The van der Waals surface area contributed by atoms with Crippen molar-refractivity contribution in [3.05, 3.63) is 42.4 Å². The summed E-state index contributed by atoms with van der Waals surface area (Å²) in [4.78, 5) is 20.1. The van der Waals surface area contributed by atoms with Crippen LogP contribution in [0.4, 0.5) is 5.82 Å². The minimum Gasteiger partial charge on any atom is -0.350 e. The molecule has 9 heteroatoms. The Kier molecular flexibility index (Phi) is 4.72. The van der Waals surface area contributed by atoms with Crippen molar-refractivity contribution in [2.24, 2.45) is 13.0 Å². The van der Waals surface area contributed by atoms with E-state index in [-0.39, 0.29) is 0 Å². The van der Waals surface area contributed by atoms with E-state index in [1.54, 1.807) is 23.3 Å². The first-order valence-electron chi connectivity index (χ1n) is 9.14. The van der Waals surface area contributed by atoms with Crippen LogP contribution in [-0.2, 0) is 20.0 Å². The van der Waals surface area contributed by atoms with E-state index in [1.807, 2.05) is 31.1 Å². The van der Waals surface area contributed by atoms with Gasteiger partial charge in [-0.25, -0.2) is 9.97 Å². The molecule has 0 aliphatic heterocycles. The second kappa shape index (κ2) is 7.34. The average molecular weight is 378 g/mol. The zero-order chi connectivity index (χ0) is 19.7. The Labute approximate surface area is 162 Å². The largest absolute Gasteiger partial charge is 0.350 e. The normalized spacial score (nSPS) is 11.5. The van der Waals surface area contributed by atoms with Crippen molar-refractivity contribution in [3.63, 3.8) is 0 Å². The van der Waals surface area contributed by atoms with Crippen LogP contribution in [0.1, 0.15) is 25.6 Å². The van der Waals surface area contributed by atoms with Crippen LogP contribution in [0.5, 0.6) is 0 Å². The van der Waals surface area contributed by atoms with E-state index in [1.165, 1.54) is 0 Å².